The zero-order valence-corrected chi connectivity index (χ0v) is 8.50. The van der Waals surface area contributed by atoms with Crippen molar-refractivity contribution < 1.29 is 8.42 Å². The lowest BCUT2D eigenvalue weighted by Gasteiger charge is -1.98. The summed E-state index contributed by atoms with van der Waals surface area (Å²) in [4.78, 5) is 0. The van der Waals surface area contributed by atoms with Crippen molar-refractivity contribution in [2.45, 2.75) is 13.5 Å². The van der Waals surface area contributed by atoms with E-state index in [0.29, 0.717) is 12.2 Å². The van der Waals surface area contributed by atoms with Crippen LogP contribution in [0.2, 0.25) is 0 Å². The molecule has 1 rings (SSSR count). The van der Waals surface area contributed by atoms with Gasteiger partial charge in [0.05, 0.1) is 23.7 Å². The Kier molecular flexibility index (Phi) is 2.60. The molecule has 0 saturated heterocycles. The van der Waals surface area contributed by atoms with Crippen LogP contribution in [0.1, 0.15) is 5.69 Å². The Bertz CT molecular complexity index is 374. The number of nitrogen functional groups attached to an aromatic ring is 1. The number of hydrogen-bond donors (Lipinski definition) is 1. The van der Waals surface area contributed by atoms with E-state index in [1.807, 2.05) is 0 Å². The molecule has 0 aliphatic heterocycles. The highest BCUT2D eigenvalue weighted by atomic mass is 32.2. The van der Waals surface area contributed by atoms with Gasteiger partial charge < -0.3 is 5.73 Å². The number of nitrogens with two attached hydrogens (primary N) is 1. The maximum absolute atomic E-state index is 10.8. The second kappa shape index (κ2) is 3.37. The summed E-state index contributed by atoms with van der Waals surface area (Å²) in [6.07, 6.45) is 2.84. The molecule has 1 heterocycles. The molecule has 0 aliphatic carbocycles. The molecular formula is C7H13N3O2S. The minimum Gasteiger partial charge on any atom is -0.396 e. The first-order valence-corrected chi connectivity index (χ1v) is 5.92. The Morgan fingerprint density at radius 2 is 2.23 bits per heavy atom. The molecule has 0 radical (unpaired) electrons. The summed E-state index contributed by atoms with van der Waals surface area (Å²) in [5.74, 6) is 0.0908. The summed E-state index contributed by atoms with van der Waals surface area (Å²) < 4.78 is 23.2. The van der Waals surface area contributed by atoms with Gasteiger partial charge in [-0.25, -0.2) is 8.42 Å². The van der Waals surface area contributed by atoms with Crippen molar-refractivity contribution in [3.63, 3.8) is 0 Å². The number of anilines is 1. The van der Waals surface area contributed by atoms with Crippen LogP contribution in [0.5, 0.6) is 0 Å². The zero-order valence-electron chi connectivity index (χ0n) is 7.69. The molecule has 0 saturated carbocycles. The molecule has 0 unspecified atom stereocenters. The maximum atomic E-state index is 10.8. The summed E-state index contributed by atoms with van der Waals surface area (Å²) in [7, 11) is -2.93. The zero-order chi connectivity index (χ0) is 10.1. The molecular weight excluding hydrogens is 190 g/mol. The van der Waals surface area contributed by atoms with Gasteiger partial charge in [0.2, 0.25) is 0 Å². The third-order valence-corrected chi connectivity index (χ3v) is 2.60. The van der Waals surface area contributed by atoms with Crippen LogP contribution >= 0.6 is 0 Å². The largest absolute Gasteiger partial charge is 0.396 e. The fraction of sp³-hybridized carbons (Fsp3) is 0.571. The van der Waals surface area contributed by atoms with Crippen molar-refractivity contribution in [2.24, 2.45) is 0 Å². The fourth-order valence-corrected chi connectivity index (χ4v) is 1.43. The Morgan fingerprint density at radius 3 is 2.62 bits per heavy atom. The van der Waals surface area contributed by atoms with Gasteiger partial charge in [-0.1, -0.05) is 0 Å². The van der Waals surface area contributed by atoms with Crippen molar-refractivity contribution in [3.05, 3.63) is 11.9 Å². The first-order chi connectivity index (χ1) is 5.88. The molecule has 0 atom stereocenters. The van der Waals surface area contributed by atoms with Crippen molar-refractivity contribution in [1.82, 2.24) is 9.78 Å². The highest BCUT2D eigenvalue weighted by molar-refractivity contribution is 7.90. The van der Waals surface area contributed by atoms with E-state index >= 15 is 0 Å². The second-order valence-corrected chi connectivity index (χ2v) is 5.32. The smallest absolute Gasteiger partial charge is 0.149 e. The molecule has 0 fully saturated rings. The molecule has 0 aromatic carbocycles. The van der Waals surface area contributed by atoms with Crippen LogP contribution in [-0.2, 0) is 16.4 Å². The van der Waals surface area contributed by atoms with Crippen molar-refractivity contribution in [2.75, 3.05) is 17.7 Å². The minimum absolute atomic E-state index is 0.0908. The van der Waals surface area contributed by atoms with Gasteiger partial charge >= 0.3 is 0 Å². The van der Waals surface area contributed by atoms with E-state index in [0.717, 1.165) is 5.69 Å². The van der Waals surface area contributed by atoms with Gasteiger partial charge in [0.1, 0.15) is 9.84 Å². The minimum atomic E-state index is -2.93. The molecule has 74 valence electrons. The third-order valence-electron chi connectivity index (χ3n) is 1.68. The Hall–Kier alpha value is -1.04. The molecule has 0 bridgehead atoms. The summed E-state index contributed by atoms with van der Waals surface area (Å²) in [6, 6.07) is 0. The van der Waals surface area contributed by atoms with E-state index in [2.05, 4.69) is 5.10 Å². The van der Waals surface area contributed by atoms with Gasteiger partial charge in [-0.2, -0.15) is 5.10 Å². The number of aryl methyl sites for hydroxylation is 2. The molecule has 2 N–H and O–H groups in total. The number of hydrogen-bond acceptors (Lipinski definition) is 4. The maximum Gasteiger partial charge on any atom is 0.149 e. The molecule has 5 nitrogen and oxygen atoms in total. The predicted octanol–water partition coefficient (Wildman–Crippen LogP) is -0.182. The van der Waals surface area contributed by atoms with E-state index in [4.69, 9.17) is 5.73 Å². The van der Waals surface area contributed by atoms with Gasteiger partial charge in [0.25, 0.3) is 0 Å². The Labute approximate surface area is 77.5 Å². The summed E-state index contributed by atoms with van der Waals surface area (Å²) in [5.41, 5.74) is 6.87. The normalized spacial score (nSPS) is 11.8. The van der Waals surface area contributed by atoms with Crippen molar-refractivity contribution >= 4 is 15.5 Å². The molecule has 1 aromatic heterocycles. The van der Waals surface area contributed by atoms with Gasteiger partial charge in [0, 0.05) is 12.5 Å². The SMILES string of the molecule is Cc1nn(CCS(C)(=O)=O)cc1N. The summed E-state index contributed by atoms with van der Waals surface area (Å²) in [6.45, 7) is 2.14. The average molecular weight is 203 g/mol. The number of rotatable bonds is 3. The summed E-state index contributed by atoms with van der Waals surface area (Å²) in [5, 5.41) is 4.04. The molecule has 1 aromatic rings. The quantitative estimate of drug-likeness (QED) is 0.739. The molecule has 0 aliphatic rings. The van der Waals surface area contributed by atoms with Gasteiger partial charge in [-0.3, -0.25) is 4.68 Å². The van der Waals surface area contributed by atoms with E-state index in [-0.39, 0.29) is 5.75 Å². The Morgan fingerprint density at radius 1 is 1.62 bits per heavy atom. The summed E-state index contributed by atoms with van der Waals surface area (Å²) >= 11 is 0. The van der Waals surface area contributed by atoms with Crippen LogP contribution in [0.25, 0.3) is 0 Å². The van der Waals surface area contributed by atoms with Gasteiger partial charge in [-0.05, 0) is 6.92 Å². The van der Waals surface area contributed by atoms with Crippen LogP contribution in [0.4, 0.5) is 5.69 Å². The van der Waals surface area contributed by atoms with E-state index in [1.54, 1.807) is 17.8 Å². The number of sulfone groups is 1. The standard InChI is InChI=1S/C7H13N3O2S/c1-6-7(8)5-10(9-6)3-4-13(2,11)12/h5H,3-4,8H2,1-2H3. The van der Waals surface area contributed by atoms with Gasteiger partial charge in [0.15, 0.2) is 0 Å². The fourth-order valence-electron chi connectivity index (χ4n) is 0.907. The van der Waals surface area contributed by atoms with Crippen molar-refractivity contribution in [3.8, 4) is 0 Å². The van der Waals surface area contributed by atoms with E-state index < -0.39 is 9.84 Å². The van der Waals surface area contributed by atoms with Gasteiger partial charge in [-0.15, -0.1) is 0 Å². The third kappa shape index (κ3) is 3.06. The number of nitrogens with zero attached hydrogens (tertiary/aromatic N) is 2. The first-order valence-electron chi connectivity index (χ1n) is 3.86. The lowest BCUT2D eigenvalue weighted by molar-refractivity contribution is 0.585. The topological polar surface area (TPSA) is 78.0 Å². The second-order valence-electron chi connectivity index (χ2n) is 3.06. The monoisotopic (exact) mass is 203 g/mol. The van der Waals surface area contributed by atoms with E-state index in [9.17, 15) is 8.42 Å². The van der Waals surface area contributed by atoms with Crippen LogP contribution in [0.15, 0.2) is 6.20 Å². The Balaban J connectivity index is 2.66. The van der Waals surface area contributed by atoms with Crippen LogP contribution in [0.3, 0.4) is 0 Å². The van der Waals surface area contributed by atoms with Crippen molar-refractivity contribution in [1.29, 1.82) is 0 Å². The van der Waals surface area contributed by atoms with Crippen LogP contribution < -0.4 is 5.73 Å². The molecule has 0 amide bonds. The lowest BCUT2D eigenvalue weighted by atomic mass is 10.4. The molecule has 6 heteroatoms. The molecule has 13 heavy (non-hydrogen) atoms. The van der Waals surface area contributed by atoms with Crippen LogP contribution in [0, 0.1) is 6.92 Å². The lowest BCUT2D eigenvalue weighted by Crippen LogP contribution is -2.11. The average Bonchev–Trinajstić information content (AvgIpc) is 2.27. The molecule has 0 spiro atoms. The predicted molar refractivity (Wildman–Crippen MR) is 51.1 cm³/mol. The highest BCUT2D eigenvalue weighted by Crippen LogP contribution is 2.06. The number of aromatic nitrogens is 2. The first kappa shape index (κ1) is 10.0. The highest BCUT2D eigenvalue weighted by Gasteiger charge is 2.04. The van der Waals surface area contributed by atoms with E-state index in [1.165, 1.54) is 6.26 Å². The van der Waals surface area contributed by atoms with Crippen LogP contribution in [-0.4, -0.2) is 30.2 Å².